The second-order valence-electron chi connectivity index (χ2n) is 14.7. The second-order valence-corrected chi connectivity index (χ2v) is 14.7. The summed E-state index contributed by atoms with van der Waals surface area (Å²) in [7, 11) is 0. The maximum Gasteiger partial charge on any atom is 0.0723 e. The molecule has 3 heteroatoms. The van der Waals surface area contributed by atoms with Gasteiger partial charge in [-0.15, -0.1) is 0 Å². The monoisotopic (exact) mass is 751 g/mol. The molecular weight excluding hydrogens is 703 g/mol. The van der Waals surface area contributed by atoms with Crippen molar-refractivity contribution in [2.24, 2.45) is 9.98 Å². The Morgan fingerprint density at radius 2 is 1.53 bits per heavy atom. The number of hydrogen-bond acceptors (Lipinski definition) is 3. The largest absolute Gasteiger partial charge is 0.300 e. The maximum atomic E-state index is 9.39. The van der Waals surface area contributed by atoms with Crippen LogP contribution in [0.2, 0.25) is 0 Å². The molecule has 0 bridgehead atoms. The molecule has 0 saturated heterocycles. The molecule has 58 heavy (non-hydrogen) atoms. The summed E-state index contributed by atoms with van der Waals surface area (Å²) in [5.74, 6) is 0. The number of hydrogen-bond donors (Lipinski definition) is 1. The number of fused-ring (bicyclic) bond motifs is 3. The van der Waals surface area contributed by atoms with E-state index in [4.69, 9.17) is 4.99 Å². The van der Waals surface area contributed by atoms with E-state index in [2.05, 4.69) is 159 Å². The molecule has 2 aliphatic rings. The van der Waals surface area contributed by atoms with Gasteiger partial charge in [0.05, 0.1) is 11.4 Å². The molecule has 1 heterocycles. The third-order valence-electron chi connectivity index (χ3n) is 10.6. The smallest absolute Gasteiger partial charge is 0.0723 e. The summed E-state index contributed by atoms with van der Waals surface area (Å²) in [4.78, 5) is 9.52. The molecule has 0 fully saturated rings. The summed E-state index contributed by atoms with van der Waals surface area (Å²) in [5, 5.41) is 14.3. The normalized spacial score (nSPS) is 17.3. The van der Waals surface area contributed by atoms with Crippen molar-refractivity contribution in [2.45, 2.75) is 39.5 Å². The zero-order chi connectivity index (χ0) is 40.3. The van der Waals surface area contributed by atoms with Gasteiger partial charge in [-0.1, -0.05) is 176 Å². The molecule has 0 spiro atoms. The number of nitrogens with one attached hydrogen (secondary N) is 1. The molecule has 5 aromatic rings. The van der Waals surface area contributed by atoms with Crippen molar-refractivity contribution in [3.05, 3.63) is 222 Å². The van der Waals surface area contributed by atoms with Crippen molar-refractivity contribution in [3.63, 3.8) is 0 Å². The Labute approximate surface area is 343 Å². The number of nitrogens with zero attached hydrogens (tertiary/aromatic N) is 2. The summed E-state index contributed by atoms with van der Waals surface area (Å²) in [6.45, 7) is 12.8. The number of aliphatic imine (C=N–C) groups is 2. The highest BCUT2D eigenvalue weighted by atomic mass is 14.7. The van der Waals surface area contributed by atoms with Crippen LogP contribution in [0.4, 0.5) is 0 Å². The fourth-order valence-electron chi connectivity index (χ4n) is 7.43. The lowest BCUT2D eigenvalue weighted by atomic mass is 9.87. The molecule has 1 N–H and O–H groups in total. The van der Waals surface area contributed by atoms with E-state index in [0.717, 1.165) is 59.1 Å². The van der Waals surface area contributed by atoms with Gasteiger partial charge in [0.15, 0.2) is 0 Å². The van der Waals surface area contributed by atoms with Crippen molar-refractivity contribution in [1.82, 2.24) is 0 Å². The van der Waals surface area contributed by atoms with Crippen LogP contribution in [0.25, 0.3) is 49.5 Å². The van der Waals surface area contributed by atoms with E-state index < -0.39 is 0 Å². The van der Waals surface area contributed by atoms with Gasteiger partial charge in [-0.05, 0) is 112 Å². The molecule has 5 aromatic carbocycles. The van der Waals surface area contributed by atoms with Crippen LogP contribution in [0.5, 0.6) is 0 Å². The van der Waals surface area contributed by atoms with Gasteiger partial charge in [0.2, 0.25) is 0 Å². The summed E-state index contributed by atoms with van der Waals surface area (Å²) in [5.41, 5.74) is 12.4. The van der Waals surface area contributed by atoms with Crippen LogP contribution in [0, 0.1) is 5.41 Å². The number of rotatable bonds is 11. The topological polar surface area (TPSA) is 48.6 Å². The standard InChI is InChI=1S/C55H49N3/c1-5-42(20-17-21-43-34-39(2)18-7-6-16-33-57-37-43)38-58-55(36-54(56)41(4)48-24-12-13-26-50(48)47-23-10-8-19-40(47)3)45-31-29-44(30-32-45)53-35-46-22-9-11-25-49(46)51-27-14-15-28-52(51)53/h5,7,9-15,17-18,20-38,56H,1,4,6,8,16,19H2,2-3H3/b18-7-,21-17+,39-34+,42-20+,43-37?,55-36-,56-54?,57-33+,58-38+. The Morgan fingerprint density at radius 3 is 2.34 bits per heavy atom. The minimum Gasteiger partial charge on any atom is -0.300 e. The van der Waals surface area contributed by atoms with Crippen molar-refractivity contribution >= 4 is 56.5 Å². The van der Waals surface area contributed by atoms with E-state index in [1.807, 2.05) is 49.0 Å². The number of benzene rings is 5. The van der Waals surface area contributed by atoms with Crippen LogP contribution < -0.4 is 0 Å². The molecule has 1 aliphatic heterocycles. The summed E-state index contributed by atoms with van der Waals surface area (Å²) >= 11 is 0. The highest BCUT2D eigenvalue weighted by Gasteiger charge is 2.16. The summed E-state index contributed by atoms with van der Waals surface area (Å²) in [6, 6.07) is 36.2. The Kier molecular flexibility index (Phi) is 12.7. The van der Waals surface area contributed by atoms with E-state index >= 15 is 0 Å². The first kappa shape index (κ1) is 39.3. The molecule has 0 radical (unpaired) electrons. The van der Waals surface area contributed by atoms with Crippen LogP contribution >= 0.6 is 0 Å². The van der Waals surface area contributed by atoms with Crippen LogP contribution in [0.1, 0.15) is 56.2 Å². The molecule has 3 nitrogen and oxygen atoms in total. The predicted octanol–water partition coefficient (Wildman–Crippen LogP) is 14.8. The molecule has 284 valence electrons. The van der Waals surface area contributed by atoms with Crippen molar-refractivity contribution < 1.29 is 0 Å². The summed E-state index contributed by atoms with van der Waals surface area (Å²) < 4.78 is 0. The Morgan fingerprint density at radius 1 is 0.793 bits per heavy atom. The minimum atomic E-state index is 0.297. The minimum absolute atomic E-state index is 0.297. The third kappa shape index (κ3) is 9.34. The van der Waals surface area contributed by atoms with E-state index in [1.54, 1.807) is 6.08 Å². The van der Waals surface area contributed by atoms with Gasteiger partial charge in [-0.2, -0.15) is 0 Å². The molecular formula is C55H49N3. The lowest BCUT2D eigenvalue weighted by molar-refractivity contribution is 0.967. The maximum absolute atomic E-state index is 9.39. The van der Waals surface area contributed by atoms with Gasteiger partial charge in [-0.25, -0.2) is 0 Å². The summed E-state index contributed by atoms with van der Waals surface area (Å²) in [6.07, 6.45) is 30.1. The first-order chi connectivity index (χ1) is 28.4. The highest BCUT2D eigenvalue weighted by molar-refractivity contribution is 6.29. The van der Waals surface area contributed by atoms with Gasteiger partial charge in [-0.3, -0.25) is 9.98 Å². The molecule has 0 atom stereocenters. The van der Waals surface area contributed by atoms with Crippen LogP contribution in [0.3, 0.4) is 0 Å². The molecule has 0 saturated carbocycles. The Bertz CT molecular complexity index is 2710. The fraction of sp³-hybridized carbons (Fsp3) is 0.109. The SMILES string of the molecule is C=CC(/C=N/C(=C\C(=N)C(=C)c1ccccc1C1=C(C)CCC=C1)c1ccc(-c2cc3ccccc3c3ccccc23)cc1)=C\C=C\C1=C/N=C/CC/C=C\C(C)=C\1. The lowest BCUT2D eigenvalue weighted by Gasteiger charge is -2.18. The average molecular weight is 752 g/mol. The zero-order valence-electron chi connectivity index (χ0n) is 33.5. The van der Waals surface area contributed by atoms with Gasteiger partial charge < -0.3 is 5.41 Å². The van der Waals surface area contributed by atoms with Gasteiger partial charge in [0.1, 0.15) is 0 Å². The van der Waals surface area contributed by atoms with Crippen molar-refractivity contribution in [2.75, 3.05) is 0 Å². The van der Waals surface area contributed by atoms with E-state index in [-0.39, 0.29) is 0 Å². The lowest BCUT2D eigenvalue weighted by Crippen LogP contribution is -2.02. The highest BCUT2D eigenvalue weighted by Crippen LogP contribution is 2.36. The van der Waals surface area contributed by atoms with E-state index in [0.29, 0.717) is 17.0 Å². The van der Waals surface area contributed by atoms with Gasteiger partial charge >= 0.3 is 0 Å². The first-order valence-corrected chi connectivity index (χ1v) is 20.0. The van der Waals surface area contributed by atoms with Gasteiger partial charge in [0, 0.05) is 29.8 Å². The molecule has 0 amide bonds. The average Bonchev–Trinajstić information content (AvgIpc) is 3.26. The van der Waals surface area contributed by atoms with Crippen LogP contribution in [-0.2, 0) is 0 Å². The molecule has 0 unspecified atom stereocenters. The Hall–Kier alpha value is -6.97. The number of allylic oxidation sites excluding steroid dienone is 16. The fourth-order valence-corrected chi connectivity index (χ4v) is 7.43. The van der Waals surface area contributed by atoms with Crippen LogP contribution in [-0.4, -0.2) is 18.1 Å². The zero-order valence-corrected chi connectivity index (χ0v) is 33.5. The van der Waals surface area contributed by atoms with Crippen molar-refractivity contribution in [1.29, 1.82) is 5.41 Å². The third-order valence-corrected chi connectivity index (χ3v) is 10.6. The van der Waals surface area contributed by atoms with Crippen LogP contribution in [0.15, 0.2) is 216 Å². The van der Waals surface area contributed by atoms with Gasteiger partial charge in [0.25, 0.3) is 0 Å². The second kappa shape index (κ2) is 18.8. The van der Waals surface area contributed by atoms with E-state index in [9.17, 15) is 5.41 Å². The van der Waals surface area contributed by atoms with Crippen molar-refractivity contribution in [3.8, 4) is 11.1 Å². The Balaban J connectivity index is 1.25. The predicted molar refractivity (Wildman–Crippen MR) is 254 cm³/mol. The first-order valence-electron chi connectivity index (χ1n) is 20.0. The molecule has 7 rings (SSSR count). The van der Waals surface area contributed by atoms with E-state index in [1.165, 1.54) is 43.8 Å². The molecule has 1 aliphatic carbocycles. The quantitative estimate of drug-likeness (QED) is 0.0794. The molecule has 0 aromatic heterocycles.